The summed E-state index contributed by atoms with van der Waals surface area (Å²) in [6.07, 6.45) is 5.35. The van der Waals surface area contributed by atoms with Gasteiger partial charge in [0.05, 0.1) is 5.54 Å². The lowest BCUT2D eigenvalue weighted by Gasteiger charge is -2.14. The van der Waals surface area contributed by atoms with E-state index >= 15 is 0 Å². The minimum atomic E-state index is -0.373. The van der Waals surface area contributed by atoms with Crippen molar-refractivity contribution in [2.45, 2.75) is 52.1 Å². The molecule has 7 nitrogen and oxygen atoms in total. The van der Waals surface area contributed by atoms with E-state index in [4.69, 9.17) is 4.74 Å². The Balaban J connectivity index is 1.61. The number of hydrogen-bond acceptors (Lipinski definition) is 7. The molecule has 8 heteroatoms. The maximum atomic E-state index is 13.0. The predicted molar refractivity (Wildman–Crippen MR) is 134 cm³/mol. The van der Waals surface area contributed by atoms with Crippen LogP contribution < -0.4 is 20.1 Å². The molecule has 1 N–H and O–H groups in total. The number of hydrogen-bond donors (Lipinski definition) is 1. The molecule has 0 spiro atoms. The molecular weight excluding hydrogens is 434 g/mol. The molecule has 33 heavy (non-hydrogen) atoms. The van der Waals surface area contributed by atoms with E-state index in [2.05, 4.69) is 33.4 Å². The fourth-order valence-electron chi connectivity index (χ4n) is 4.15. The Bertz CT molecular complexity index is 1260. The highest BCUT2D eigenvalue weighted by Crippen LogP contribution is 2.20. The predicted octanol–water partition coefficient (Wildman–Crippen LogP) is 2.30. The quantitative estimate of drug-likeness (QED) is 0.679. The second-order valence-electron chi connectivity index (χ2n) is 9.11. The molecule has 2 aromatic rings. The van der Waals surface area contributed by atoms with Crippen LogP contribution in [0.3, 0.4) is 0 Å². The standard InChI is InChI=1S/C25H31N5O2S/c1-4-30-23(31)21(33-24(30)20(15-26)22-28-25(2,3)17-32-22)16-27-19-9-7-8-18(14-19)10-13-29-11-5-6-12-29/h7-9,14,16,27H,4-6,10-13,17H2,1-3H3. The third kappa shape index (κ3) is 5.37. The van der Waals surface area contributed by atoms with Crippen molar-refractivity contribution >= 4 is 34.7 Å². The van der Waals surface area contributed by atoms with Crippen LogP contribution in [0, 0.1) is 11.3 Å². The average molecular weight is 466 g/mol. The highest BCUT2D eigenvalue weighted by molar-refractivity contribution is 7.07. The zero-order valence-electron chi connectivity index (χ0n) is 19.6. The Hall–Kier alpha value is -2.89. The molecule has 4 rings (SSSR count). The molecule has 2 aliphatic rings. The molecule has 0 radical (unpaired) electrons. The van der Waals surface area contributed by atoms with E-state index in [9.17, 15) is 10.1 Å². The van der Waals surface area contributed by atoms with Gasteiger partial charge in [-0.2, -0.15) is 5.26 Å². The SMILES string of the molecule is CCn1c(=C(C#N)C2=NC(C)(C)CO2)sc(=CNc2cccc(CCN3CCCC3)c2)c1=O. The smallest absolute Gasteiger partial charge is 0.270 e. The van der Waals surface area contributed by atoms with Crippen molar-refractivity contribution in [1.82, 2.24) is 9.47 Å². The Labute approximate surface area is 198 Å². The first-order chi connectivity index (χ1) is 15.9. The van der Waals surface area contributed by atoms with Gasteiger partial charge in [0, 0.05) is 25.0 Å². The van der Waals surface area contributed by atoms with E-state index in [1.807, 2.05) is 32.9 Å². The van der Waals surface area contributed by atoms with E-state index < -0.39 is 0 Å². The fraction of sp³-hybridized carbons (Fsp3) is 0.480. The Morgan fingerprint density at radius 1 is 1.36 bits per heavy atom. The Morgan fingerprint density at radius 3 is 2.82 bits per heavy atom. The molecule has 1 fully saturated rings. The number of nitrogens with one attached hydrogen (secondary N) is 1. The number of nitriles is 1. The van der Waals surface area contributed by atoms with Crippen LogP contribution in [0.4, 0.5) is 5.69 Å². The van der Waals surface area contributed by atoms with E-state index in [1.165, 1.54) is 42.8 Å². The summed E-state index contributed by atoms with van der Waals surface area (Å²) < 4.78 is 8.41. The summed E-state index contributed by atoms with van der Waals surface area (Å²) in [7, 11) is 0. The molecule has 174 valence electrons. The van der Waals surface area contributed by atoms with Crippen LogP contribution in [0.1, 0.15) is 39.2 Å². The molecule has 3 heterocycles. The number of aromatic nitrogens is 1. The molecule has 1 saturated heterocycles. The third-order valence-corrected chi connectivity index (χ3v) is 7.07. The second-order valence-corrected chi connectivity index (χ2v) is 10.1. The average Bonchev–Trinajstić information content (AvgIpc) is 3.52. The first kappa shape index (κ1) is 23.3. The highest BCUT2D eigenvalue weighted by atomic mass is 32.1. The molecule has 0 aliphatic carbocycles. The molecule has 0 unspecified atom stereocenters. The van der Waals surface area contributed by atoms with Crippen molar-refractivity contribution in [3.05, 3.63) is 49.4 Å². The maximum absolute atomic E-state index is 13.0. The number of rotatable bonds is 7. The van der Waals surface area contributed by atoms with E-state index in [0.29, 0.717) is 33.8 Å². The van der Waals surface area contributed by atoms with Crippen molar-refractivity contribution in [3.8, 4) is 6.07 Å². The Morgan fingerprint density at radius 2 is 2.15 bits per heavy atom. The highest BCUT2D eigenvalue weighted by Gasteiger charge is 2.29. The summed E-state index contributed by atoms with van der Waals surface area (Å²) in [5, 5.41) is 13.1. The molecule has 0 amide bonds. The van der Waals surface area contributed by atoms with Gasteiger partial charge in [-0.1, -0.05) is 12.1 Å². The molecule has 0 atom stereocenters. The van der Waals surface area contributed by atoms with E-state index in [1.54, 1.807) is 10.8 Å². The van der Waals surface area contributed by atoms with Crippen LogP contribution in [0.25, 0.3) is 11.8 Å². The van der Waals surface area contributed by atoms with Crippen molar-refractivity contribution in [2.24, 2.45) is 4.99 Å². The van der Waals surface area contributed by atoms with Crippen molar-refractivity contribution < 1.29 is 4.74 Å². The summed E-state index contributed by atoms with van der Waals surface area (Å²) in [5.74, 6) is 0.316. The molecule has 1 aromatic heterocycles. The number of nitrogens with zero attached hydrogens (tertiary/aromatic N) is 4. The number of anilines is 1. The third-order valence-electron chi connectivity index (χ3n) is 5.94. The molecule has 0 bridgehead atoms. The normalized spacial score (nSPS) is 19.2. The number of thiazole rings is 1. The summed E-state index contributed by atoms with van der Waals surface area (Å²) in [6.45, 7) is 10.2. The fourth-order valence-corrected chi connectivity index (χ4v) is 5.23. The van der Waals surface area contributed by atoms with Crippen LogP contribution in [-0.2, 0) is 17.7 Å². The lowest BCUT2D eigenvalue weighted by atomic mass is 10.1. The van der Waals surface area contributed by atoms with Gasteiger partial charge < -0.3 is 15.0 Å². The zero-order chi connectivity index (χ0) is 23.4. The molecule has 0 saturated carbocycles. The first-order valence-corrected chi connectivity index (χ1v) is 12.4. The number of aliphatic imine (C=N–C) groups is 1. The van der Waals surface area contributed by atoms with Gasteiger partial charge in [-0.05, 0) is 70.8 Å². The first-order valence-electron chi connectivity index (χ1n) is 11.6. The van der Waals surface area contributed by atoms with Gasteiger partial charge in [-0.3, -0.25) is 9.36 Å². The largest absolute Gasteiger partial charge is 0.474 e. The van der Waals surface area contributed by atoms with Gasteiger partial charge in [0.2, 0.25) is 5.90 Å². The van der Waals surface area contributed by atoms with Crippen molar-refractivity contribution in [2.75, 3.05) is 31.6 Å². The summed E-state index contributed by atoms with van der Waals surface area (Å²) >= 11 is 1.29. The lowest BCUT2D eigenvalue weighted by molar-refractivity contribution is 0.281. The van der Waals surface area contributed by atoms with Crippen LogP contribution in [-0.4, -0.2) is 47.1 Å². The van der Waals surface area contributed by atoms with E-state index in [0.717, 1.165) is 18.7 Å². The molecular formula is C25H31N5O2S. The zero-order valence-corrected chi connectivity index (χ0v) is 20.4. The van der Waals surface area contributed by atoms with Gasteiger partial charge in [-0.15, -0.1) is 11.3 Å². The molecule has 1 aromatic carbocycles. The topological polar surface area (TPSA) is 82.7 Å². The van der Waals surface area contributed by atoms with Gasteiger partial charge in [-0.25, -0.2) is 4.99 Å². The van der Waals surface area contributed by atoms with Crippen LogP contribution >= 0.6 is 11.3 Å². The van der Waals surface area contributed by atoms with Crippen molar-refractivity contribution in [1.29, 1.82) is 5.26 Å². The van der Waals surface area contributed by atoms with Gasteiger partial charge in [0.1, 0.15) is 27.4 Å². The minimum absolute atomic E-state index is 0.124. The van der Waals surface area contributed by atoms with Gasteiger partial charge in [0.25, 0.3) is 5.56 Å². The molecule has 2 aliphatic heterocycles. The van der Waals surface area contributed by atoms with Crippen LogP contribution in [0.5, 0.6) is 0 Å². The lowest BCUT2D eigenvalue weighted by Crippen LogP contribution is -2.32. The van der Waals surface area contributed by atoms with E-state index in [-0.39, 0.29) is 11.1 Å². The maximum Gasteiger partial charge on any atom is 0.270 e. The second kappa shape index (κ2) is 9.94. The monoisotopic (exact) mass is 465 g/mol. The summed E-state index contributed by atoms with van der Waals surface area (Å²) in [5.41, 5.74) is 2.04. The van der Waals surface area contributed by atoms with Gasteiger partial charge in [0.15, 0.2) is 0 Å². The minimum Gasteiger partial charge on any atom is -0.474 e. The number of likely N-dealkylation sites (tertiary alicyclic amines) is 1. The number of benzene rings is 1. The summed E-state index contributed by atoms with van der Waals surface area (Å²) in [4.78, 5) is 20.1. The van der Waals surface area contributed by atoms with Crippen molar-refractivity contribution in [3.63, 3.8) is 0 Å². The van der Waals surface area contributed by atoms with Gasteiger partial charge >= 0.3 is 0 Å². The summed E-state index contributed by atoms with van der Waals surface area (Å²) in [6, 6.07) is 10.5. The Kier molecular flexibility index (Phi) is 7.01. The van der Waals surface area contributed by atoms with Crippen LogP contribution in [0.15, 0.2) is 34.1 Å². The number of ether oxygens (including phenoxy) is 1. The van der Waals surface area contributed by atoms with Crippen LogP contribution in [0.2, 0.25) is 0 Å².